The molecule has 1 aromatic rings. The number of nitrogens with zero attached hydrogens (tertiary/aromatic N) is 2. The van der Waals surface area contributed by atoms with Crippen molar-refractivity contribution in [2.24, 2.45) is 0 Å². The third-order valence-corrected chi connectivity index (χ3v) is 2.80. The zero-order chi connectivity index (χ0) is 13.2. The number of likely N-dealkylation sites (N-methyl/N-ethyl adjacent to an activating group) is 1. The van der Waals surface area contributed by atoms with Gasteiger partial charge in [0.1, 0.15) is 5.82 Å². The first-order valence-corrected chi connectivity index (χ1v) is 6.72. The predicted molar refractivity (Wildman–Crippen MR) is 76.0 cm³/mol. The number of ether oxygens (including phenoxy) is 1. The molecule has 1 aromatic heterocycles. The summed E-state index contributed by atoms with van der Waals surface area (Å²) in [7, 11) is 1.73. The third kappa shape index (κ3) is 5.02. The van der Waals surface area contributed by atoms with Crippen molar-refractivity contribution in [3.05, 3.63) is 23.9 Å². The Kier molecular flexibility index (Phi) is 7.37. The van der Waals surface area contributed by atoms with Crippen LogP contribution in [-0.4, -0.2) is 38.3 Å². The number of hydrogen-bond acceptors (Lipinski definition) is 4. The molecule has 0 saturated carbocycles. The fraction of sp³-hybridized carbons (Fsp3) is 0.643. The quantitative estimate of drug-likeness (QED) is 0.682. The molecule has 0 aliphatic heterocycles. The van der Waals surface area contributed by atoms with Crippen LogP contribution in [-0.2, 0) is 11.3 Å². The topological polar surface area (TPSA) is 37.4 Å². The molecular formula is C14H25N3O. The summed E-state index contributed by atoms with van der Waals surface area (Å²) in [6.45, 7) is 8.73. The molecule has 0 spiro atoms. The molecule has 0 atom stereocenters. The molecule has 0 bridgehead atoms. The third-order valence-electron chi connectivity index (χ3n) is 2.80. The first kappa shape index (κ1) is 14.9. The minimum atomic E-state index is 0.730. The minimum absolute atomic E-state index is 0.730. The lowest BCUT2D eigenvalue weighted by atomic mass is 10.3. The van der Waals surface area contributed by atoms with Gasteiger partial charge in [-0.1, -0.05) is 13.0 Å². The van der Waals surface area contributed by atoms with E-state index in [9.17, 15) is 0 Å². The van der Waals surface area contributed by atoms with Crippen molar-refractivity contribution in [1.82, 2.24) is 10.3 Å². The molecule has 4 heteroatoms. The van der Waals surface area contributed by atoms with Crippen molar-refractivity contribution in [3.8, 4) is 0 Å². The maximum atomic E-state index is 5.12. The molecule has 0 aromatic carbocycles. The van der Waals surface area contributed by atoms with E-state index in [1.54, 1.807) is 7.11 Å². The summed E-state index contributed by atoms with van der Waals surface area (Å²) in [5.74, 6) is 1.03. The highest BCUT2D eigenvalue weighted by Crippen LogP contribution is 2.11. The monoisotopic (exact) mass is 251 g/mol. The lowest BCUT2D eigenvalue weighted by molar-refractivity contribution is 0.205. The van der Waals surface area contributed by atoms with Crippen molar-refractivity contribution in [3.63, 3.8) is 0 Å². The lowest BCUT2D eigenvalue weighted by Gasteiger charge is -2.22. The zero-order valence-electron chi connectivity index (χ0n) is 11.8. The Labute approximate surface area is 110 Å². The van der Waals surface area contributed by atoms with Gasteiger partial charge < -0.3 is 15.0 Å². The van der Waals surface area contributed by atoms with E-state index in [1.165, 1.54) is 0 Å². The van der Waals surface area contributed by atoms with Crippen molar-refractivity contribution >= 4 is 5.82 Å². The first-order valence-electron chi connectivity index (χ1n) is 6.72. The van der Waals surface area contributed by atoms with Gasteiger partial charge in [0, 0.05) is 26.7 Å². The Morgan fingerprint density at radius 3 is 2.83 bits per heavy atom. The summed E-state index contributed by atoms with van der Waals surface area (Å²) in [4.78, 5) is 6.91. The van der Waals surface area contributed by atoms with Crippen LogP contribution in [0.3, 0.4) is 0 Å². The Morgan fingerprint density at radius 1 is 1.33 bits per heavy atom. The van der Waals surface area contributed by atoms with Gasteiger partial charge in [-0.3, -0.25) is 0 Å². The second-order valence-electron chi connectivity index (χ2n) is 4.24. The fourth-order valence-electron chi connectivity index (χ4n) is 1.77. The average molecular weight is 251 g/mol. The highest BCUT2D eigenvalue weighted by atomic mass is 16.5. The molecule has 4 nitrogen and oxygen atoms in total. The van der Waals surface area contributed by atoms with Crippen molar-refractivity contribution in [2.75, 3.05) is 38.3 Å². The van der Waals surface area contributed by atoms with Crippen LogP contribution in [0.5, 0.6) is 0 Å². The standard InChI is InChI=1S/C14H25N3O/c1-4-9-15-12-13-7-6-8-14(16-13)17(5-2)10-11-18-3/h6-8,15H,4-5,9-12H2,1-3H3. The van der Waals surface area contributed by atoms with Crippen LogP contribution < -0.4 is 10.2 Å². The lowest BCUT2D eigenvalue weighted by Crippen LogP contribution is -2.28. The van der Waals surface area contributed by atoms with Crippen LogP contribution in [0.2, 0.25) is 0 Å². The molecule has 102 valence electrons. The molecule has 1 N–H and O–H groups in total. The van der Waals surface area contributed by atoms with E-state index in [4.69, 9.17) is 4.74 Å². The van der Waals surface area contributed by atoms with Crippen LogP contribution >= 0.6 is 0 Å². The van der Waals surface area contributed by atoms with Gasteiger partial charge >= 0.3 is 0 Å². The molecule has 1 heterocycles. The zero-order valence-corrected chi connectivity index (χ0v) is 11.8. The smallest absolute Gasteiger partial charge is 0.128 e. The van der Waals surface area contributed by atoms with Crippen molar-refractivity contribution in [1.29, 1.82) is 0 Å². The van der Waals surface area contributed by atoms with Gasteiger partial charge in [0.2, 0.25) is 0 Å². The second-order valence-corrected chi connectivity index (χ2v) is 4.24. The molecule has 0 unspecified atom stereocenters. The maximum Gasteiger partial charge on any atom is 0.128 e. The molecule has 0 aliphatic carbocycles. The van der Waals surface area contributed by atoms with Crippen LogP contribution in [0.25, 0.3) is 0 Å². The molecule has 0 fully saturated rings. The summed E-state index contributed by atoms with van der Waals surface area (Å²) in [5.41, 5.74) is 1.09. The van der Waals surface area contributed by atoms with E-state index in [0.717, 1.165) is 50.7 Å². The predicted octanol–water partition coefficient (Wildman–Crippen LogP) is 2.05. The van der Waals surface area contributed by atoms with E-state index >= 15 is 0 Å². The van der Waals surface area contributed by atoms with Gasteiger partial charge in [-0.05, 0) is 32.0 Å². The normalized spacial score (nSPS) is 10.6. The molecule has 0 amide bonds. The summed E-state index contributed by atoms with van der Waals surface area (Å²) in [6.07, 6.45) is 1.15. The maximum absolute atomic E-state index is 5.12. The van der Waals surface area contributed by atoms with Crippen molar-refractivity contribution < 1.29 is 4.74 Å². The van der Waals surface area contributed by atoms with Crippen LogP contribution in [0, 0.1) is 0 Å². The van der Waals surface area contributed by atoms with E-state index in [1.807, 2.05) is 0 Å². The summed E-state index contributed by atoms with van der Waals surface area (Å²) >= 11 is 0. The Bertz CT molecular complexity index is 331. The van der Waals surface area contributed by atoms with Gasteiger partial charge in [-0.2, -0.15) is 0 Å². The van der Waals surface area contributed by atoms with E-state index in [0.29, 0.717) is 0 Å². The molecule has 18 heavy (non-hydrogen) atoms. The second kappa shape index (κ2) is 8.89. The van der Waals surface area contributed by atoms with Crippen molar-refractivity contribution in [2.45, 2.75) is 26.8 Å². The Hall–Kier alpha value is -1.13. The van der Waals surface area contributed by atoms with Gasteiger partial charge in [0.25, 0.3) is 0 Å². The summed E-state index contributed by atoms with van der Waals surface area (Å²) in [5, 5.41) is 3.37. The van der Waals surface area contributed by atoms with Crippen LogP contribution in [0.1, 0.15) is 26.0 Å². The molecule has 1 rings (SSSR count). The summed E-state index contributed by atoms with van der Waals surface area (Å²) in [6, 6.07) is 6.19. The SMILES string of the molecule is CCCNCc1cccc(N(CC)CCOC)n1. The largest absolute Gasteiger partial charge is 0.383 e. The molecular weight excluding hydrogens is 226 g/mol. The molecule has 0 saturated heterocycles. The Morgan fingerprint density at radius 2 is 2.17 bits per heavy atom. The average Bonchev–Trinajstić information content (AvgIpc) is 2.40. The van der Waals surface area contributed by atoms with Gasteiger partial charge in [0.05, 0.1) is 12.3 Å². The molecule has 0 radical (unpaired) electrons. The highest BCUT2D eigenvalue weighted by molar-refractivity contribution is 5.39. The number of nitrogens with one attached hydrogen (secondary N) is 1. The van der Waals surface area contributed by atoms with E-state index in [2.05, 4.69) is 47.2 Å². The van der Waals surface area contributed by atoms with Gasteiger partial charge in [0.15, 0.2) is 0 Å². The van der Waals surface area contributed by atoms with Crippen LogP contribution in [0.15, 0.2) is 18.2 Å². The number of hydrogen-bond donors (Lipinski definition) is 1. The van der Waals surface area contributed by atoms with Gasteiger partial charge in [-0.25, -0.2) is 4.98 Å². The minimum Gasteiger partial charge on any atom is -0.383 e. The van der Waals surface area contributed by atoms with Crippen LogP contribution in [0.4, 0.5) is 5.82 Å². The number of anilines is 1. The fourth-order valence-corrected chi connectivity index (χ4v) is 1.77. The van der Waals surface area contributed by atoms with E-state index < -0.39 is 0 Å². The summed E-state index contributed by atoms with van der Waals surface area (Å²) < 4.78 is 5.12. The first-order chi connectivity index (χ1) is 8.81. The van der Waals surface area contributed by atoms with E-state index in [-0.39, 0.29) is 0 Å². The molecule has 0 aliphatic rings. The number of methoxy groups -OCH3 is 1. The number of rotatable bonds is 9. The van der Waals surface area contributed by atoms with Gasteiger partial charge in [-0.15, -0.1) is 0 Å². The number of aromatic nitrogens is 1. The Balaban J connectivity index is 2.60. The highest BCUT2D eigenvalue weighted by Gasteiger charge is 2.05. The number of pyridine rings is 1.